The summed E-state index contributed by atoms with van der Waals surface area (Å²) in [5.41, 5.74) is 3.54. The molecule has 1 aliphatic heterocycles. The van der Waals surface area contributed by atoms with Gasteiger partial charge in [0.05, 0.1) is 5.69 Å². The molecule has 0 saturated carbocycles. The molecule has 1 saturated heterocycles. The number of nitrogens with one attached hydrogen (secondary N) is 2. The summed E-state index contributed by atoms with van der Waals surface area (Å²) in [4.78, 5) is 6.92. The summed E-state index contributed by atoms with van der Waals surface area (Å²) in [6, 6.07) is 0.620. The Labute approximate surface area is 163 Å². The molecular formula is C17H33IN6. The predicted octanol–water partition coefficient (Wildman–Crippen LogP) is 2.19. The van der Waals surface area contributed by atoms with Crippen LogP contribution in [0.1, 0.15) is 43.1 Å². The number of likely N-dealkylation sites (tertiary alicyclic amines) is 1. The van der Waals surface area contributed by atoms with Crippen molar-refractivity contribution in [3.63, 3.8) is 0 Å². The lowest BCUT2D eigenvalue weighted by Crippen LogP contribution is -2.48. The van der Waals surface area contributed by atoms with Gasteiger partial charge in [0.15, 0.2) is 5.96 Å². The molecule has 24 heavy (non-hydrogen) atoms. The summed E-state index contributed by atoms with van der Waals surface area (Å²) in [5.74, 6) is 0.870. The van der Waals surface area contributed by atoms with Crippen molar-refractivity contribution in [2.75, 3.05) is 26.7 Å². The van der Waals surface area contributed by atoms with Crippen molar-refractivity contribution in [1.82, 2.24) is 25.3 Å². The van der Waals surface area contributed by atoms with Crippen molar-refractivity contribution < 1.29 is 0 Å². The molecule has 0 amide bonds. The number of aliphatic imine (C=N–C) groups is 1. The maximum Gasteiger partial charge on any atom is 0.191 e. The van der Waals surface area contributed by atoms with Crippen LogP contribution in [0.5, 0.6) is 0 Å². The number of piperidine rings is 1. The van der Waals surface area contributed by atoms with Crippen LogP contribution in [0.3, 0.4) is 0 Å². The van der Waals surface area contributed by atoms with E-state index in [0.29, 0.717) is 6.04 Å². The van der Waals surface area contributed by atoms with Gasteiger partial charge >= 0.3 is 0 Å². The van der Waals surface area contributed by atoms with Gasteiger partial charge in [0, 0.05) is 44.5 Å². The van der Waals surface area contributed by atoms with Crippen LogP contribution >= 0.6 is 24.0 Å². The first kappa shape index (κ1) is 21.2. The highest BCUT2D eigenvalue weighted by Gasteiger charge is 2.20. The highest BCUT2D eigenvalue weighted by molar-refractivity contribution is 14.0. The Kier molecular flexibility index (Phi) is 9.04. The quantitative estimate of drug-likeness (QED) is 0.412. The van der Waals surface area contributed by atoms with Gasteiger partial charge in [-0.2, -0.15) is 5.10 Å². The first-order chi connectivity index (χ1) is 11.1. The fraction of sp³-hybridized carbons (Fsp3) is 0.765. The van der Waals surface area contributed by atoms with Crippen LogP contribution in [0.15, 0.2) is 4.99 Å². The molecule has 1 aromatic heterocycles. The van der Waals surface area contributed by atoms with E-state index >= 15 is 0 Å². The van der Waals surface area contributed by atoms with Gasteiger partial charge in [0.2, 0.25) is 0 Å². The number of likely N-dealkylation sites (N-methyl/N-ethyl adjacent to an activating group) is 1. The van der Waals surface area contributed by atoms with E-state index in [-0.39, 0.29) is 24.0 Å². The number of hydrogen-bond donors (Lipinski definition) is 2. The predicted molar refractivity (Wildman–Crippen MR) is 111 cm³/mol. The zero-order valence-electron chi connectivity index (χ0n) is 15.7. The normalized spacial score (nSPS) is 19.0. The Bertz CT molecular complexity index is 539. The molecule has 0 aliphatic carbocycles. The van der Waals surface area contributed by atoms with Gasteiger partial charge in [0.25, 0.3) is 0 Å². The van der Waals surface area contributed by atoms with Crippen molar-refractivity contribution in [3.8, 4) is 0 Å². The highest BCUT2D eigenvalue weighted by atomic mass is 127. The molecule has 2 N–H and O–H groups in total. The van der Waals surface area contributed by atoms with Crippen LogP contribution in [0, 0.1) is 13.8 Å². The van der Waals surface area contributed by atoms with Gasteiger partial charge in [-0.05, 0) is 39.8 Å². The second kappa shape index (κ2) is 10.2. The van der Waals surface area contributed by atoms with E-state index in [0.717, 1.165) is 31.3 Å². The average Bonchev–Trinajstić information content (AvgIpc) is 2.81. The third-order valence-electron chi connectivity index (χ3n) is 4.98. The van der Waals surface area contributed by atoms with Crippen LogP contribution < -0.4 is 10.6 Å². The topological polar surface area (TPSA) is 57.5 Å². The molecule has 0 radical (unpaired) electrons. The first-order valence-electron chi connectivity index (χ1n) is 8.74. The number of rotatable bonds is 5. The van der Waals surface area contributed by atoms with E-state index in [4.69, 9.17) is 0 Å². The molecule has 1 fully saturated rings. The molecule has 0 spiro atoms. The molecule has 1 aromatic rings. The van der Waals surface area contributed by atoms with Crippen LogP contribution in [0.2, 0.25) is 0 Å². The molecule has 1 unspecified atom stereocenters. The minimum atomic E-state index is 0. The van der Waals surface area contributed by atoms with Gasteiger partial charge in [-0.3, -0.25) is 14.6 Å². The molecule has 0 aromatic carbocycles. The minimum Gasteiger partial charge on any atom is -0.355 e. The number of hydrogen-bond acceptors (Lipinski definition) is 3. The van der Waals surface area contributed by atoms with E-state index in [2.05, 4.69) is 46.4 Å². The average molecular weight is 448 g/mol. The molecular weight excluding hydrogens is 415 g/mol. The van der Waals surface area contributed by atoms with Crippen LogP contribution in [0.4, 0.5) is 0 Å². The molecule has 2 heterocycles. The SMILES string of the molecule is CCN1CCCCC1CNC(=NC)NCc1c(C)nn(C)c1C.I. The maximum absolute atomic E-state index is 4.46. The molecule has 0 bridgehead atoms. The monoisotopic (exact) mass is 448 g/mol. The van der Waals surface area contributed by atoms with Crippen molar-refractivity contribution in [1.29, 1.82) is 0 Å². The zero-order valence-corrected chi connectivity index (χ0v) is 18.1. The summed E-state index contributed by atoms with van der Waals surface area (Å²) in [7, 11) is 3.82. The number of halogens is 1. The van der Waals surface area contributed by atoms with E-state index in [1.807, 2.05) is 18.8 Å². The Balaban J connectivity index is 0.00000288. The lowest BCUT2D eigenvalue weighted by Gasteiger charge is -2.35. The molecule has 1 aliphatic rings. The number of aryl methyl sites for hydroxylation is 2. The van der Waals surface area contributed by atoms with Gasteiger partial charge in [0.1, 0.15) is 0 Å². The third-order valence-corrected chi connectivity index (χ3v) is 4.98. The minimum absolute atomic E-state index is 0. The van der Waals surface area contributed by atoms with Crippen molar-refractivity contribution in [3.05, 3.63) is 17.0 Å². The summed E-state index contributed by atoms with van der Waals surface area (Å²) in [5, 5.41) is 11.4. The van der Waals surface area contributed by atoms with Crippen LogP contribution in [0.25, 0.3) is 0 Å². The Morgan fingerprint density at radius 2 is 2.04 bits per heavy atom. The maximum atomic E-state index is 4.46. The largest absolute Gasteiger partial charge is 0.355 e. The Morgan fingerprint density at radius 1 is 1.29 bits per heavy atom. The van der Waals surface area contributed by atoms with Gasteiger partial charge in [-0.15, -0.1) is 24.0 Å². The fourth-order valence-electron chi connectivity index (χ4n) is 3.39. The van der Waals surface area contributed by atoms with E-state index < -0.39 is 0 Å². The standard InChI is InChI=1S/C17H32N6.HI/c1-6-23-10-8-7-9-15(23)11-19-17(18-4)20-12-16-13(2)21-22(5)14(16)3;/h15H,6-12H2,1-5H3,(H2,18,19,20);1H. The van der Waals surface area contributed by atoms with E-state index in [1.54, 1.807) is 0 Å². The summed E-state index contributed by atoms with van der Waals surface area (Å²) in [6.45, 7) is 10.5. The van der Waals surface area contributed by atoms with Crippen molar-refractivity contribution in [2.24, 2.45) is 12.0 Å². The second-order valence-electron chi connectivity index (χ2n) is 6.36. The summed E-state index contributed by atoms with van der Waals surface area (Å²) in [6.07, 6.45) is 3.94. The second-order valence-corrected chi connectivity index (χ2v) is 6.36. The summed E-state index contributed by atoms with van der Waals surface area (Å²) < 4.78 is 1.93. The van der Waals surface area contributed by atoms with Crippen LogP contribution in [-0.2, 0) is 13.6 Å². The van der Waals surface area contributed by atoms with Crippen LogP contribution in [-0.4, -0.2) is 53.4 Å². The molecule has 1 atom stereocenters. The molecule has 6 nitrogen and oxygen atoms in total. The summed E-state index contributed by atoms with van der Waals surface area (Å²) >= 11 is 0. The third kappa shape index (κ3) is 5.34. The van der Waals surface area contributed by atoms with E-state index in [9.17, 15) is 0 Å². The fourth-order valence-corrected chi connectivity index (χ4v) is 3.39. The van der Waals surface area contributed by atoms with Gasteiger partial charge in [-0.1, -0.05) is 13.3 Å². The lowest BCUT2D eigenvalue weighted by molar-refractivity contribution is 0.157. The zero-order chi connectivity index (χ0) is 16.8. The highest BCUT2D eigenvalue weighted by Crippen LogP contribution is 2.15. The van der Waals surface area contributed by atoms with Gasteiger partial charge < -0.3 is 10.6 Å². The molecule has 7 heteroatoms. The number of aromatic nitrogens is 2. The lowest BCUT2D eigenvalue weighted by atomic mass is 10.0. The first-order valence-corrected chi connectivity index (χ1v) is 8.74. The smallest absolute Gasteiger partial charge is 0.191 e. The number of guanidine groups is 1. The van der Waals surface area contributed by atoms with Crippen molar-refractivity contribution >= 4 is 29.9 Å². The van der Waals surface area contributed by atoms with Gasteiger partial charge in [-0.25, -0.2) is 0 Å². The molecule has 2 rings (SSSR count). The Morgan fingerprint density at radius 3 is 2.62 bits per heavy atom. The number of nitrogens with zero attached hydrogens (tertiary/aromatic N) is 4. The van der Waals surface area contributed by atoms with E-state index in [1.165, 1.54) is 37.1 Å². The van der Waals surface area contributed by atoms with Crippen molar-refractivity contribution in [2.45, 2.75) is 52.6 Å². The Hall–Kier alpha value is -0.830. The molecule has 138 valence electrons.